The Morgan fingerprint density at radius 3 is 2.36 bits per heavy atom. The molecule has 0 aromatic heterocycles. The van der Waals surface area contributed by atoms with Crippen LogP contribution in [0.3, 0.4) is 0 Å². The van der Waals surface area contributed by atoms with Gasteiger partial charge < -0.3 is 0 Å². The van der Waals surface area contributed by atoms with E-state index in [1.165, 1.54) is 12.0 Å². The van der Waals surface area contributed by atoms with Gasteiger partial charge in [0.25, 0.3) is 0 Å². The van der Waals surface area contributed by atoms with E-state index in [4.69, 9.17) is 11.6 Å². The van der Waals surface area contributed by atoms with E-state index >= 15 is 0 Å². The van der Waals surface area contributed by atoms with E-state index in [1.54, 1.807) is 0 Å². The van der Waals surface area contributed by atoms with Gasteiger partial charge in [0, 0.05) is 5.02 Å². The summed E-state index contributed by atoms with van der Waals surface area (Å²) in [5.74, 6) is 2.79. The van der Waals surface area contributed by atoms with Crippen LogP contribution in [0, 0.1) is 17.8 Å². The van der Waals surface area contributed by atoms with Crippen molar-refractivity contribution < 1.29 is 0 Å². The van der Waals surface area contributed by atoms with Crippen LogP contribution in [-0.4, -0.2) is 0 Å². The van der Waals surface area contributed by atoms with Crippen LogP contribution in [0.25, 0.3) is 0 Å². The third-order valence-corrected chi connectivity index (χ3v) is 4.11. The summed E-state index contributed by atoms with van der Waals surface area (Å²) in [6.07, 6.45) is 2.44. The van der Waals surface area contributed by atoms with Crippen LogP contribution in [-0.2, 0) is 6.42 Å². The molecule has 1 aromatic carbocycles. The van der Waals surface area contributed by atoms with Gasteiger partial charge in [0.1, 0.15) is 0 Å². The minimum absolute atomic E-state index is 0.924. The van der Waals surface area contributed by atoms with E-state index in [0.717, 1.165) is 29.2 Å². The van der Waals surface area contributed by atoms with Gasteiger partial charge in [-0.1, -0.05) is 43.6 Å². The molecule has 0 radical (unpaired) electrons. The van der Waals surface area contributed by atoms with Crippen molar-refractivity contribution in [2.45, 2.75) is 26.7 Å². The summed E-state index contributed by atoms with van der Waals surface area (Å²) < 4.78 is 0. The second-order valence-electron chi connectivity index (χ2n) is 4.51. The van der Waals surface area contributed by atoms with Crippen molar-refractivity contribution in [3.05, 3.63) is 34.9 Å². The Kier molecular flexibility index (Phi) is 2.83. The zero-order valence-corrected chi connectivity index (χ0v) is 9.59. The Balaban J connectivity index is 1.90. The molecule has 0 bridgehead atoms. The minimum atomic E-state index is 0.924. The summed E-state index contributed by atoms with van der Waals surface area (Å²) in [6, 6.07) is 8.19. The molecule has 1 heteroatoms. The van der Waals surface area contributed by atoms with Crippen LogP contribution in [0.4, 0.5) is 0 Å². The second kappa shape index (κ2) is 3.94. The molecule has 1 aliphatic rings. The SMILES string of the molecule is CC1C(C)C1CCc1ccccc1Cl. The zero-order valence-electron chi connectivity index (χ0n) is 8.83. The molecule has 1 aliphatic carbocycles. The van der Waals surface area contributed by atoms with E-state index < -0.39 is 0 Å². The molecule has 0 saturated heterocycles. The minimum Gasteiger partial charge on any atom is -0.0840 e. The Bertz CT molecular complexity index is 311. The van der Waals surface area contributed by atoms with Gasteiger partial charge in [0.2, 0.25) is 0 Å². The van der Waals surface area contributed by atoms with Crippen LogP contribution in [0.5, 0.6) is 0 Å². The molecule has 76 valence electrons. The number of rotatable bonds is 3. The van der Waals surface area contributed by atoms with E-state index in [-0.39, 0.29) is 0 Å². The van der Waals surface area contributed by atoms with E-state index in [2.05, 4.69) is 26.0 Å². The Labute approximate surface area is 91.3 Å². The Morgan fingerprint density at radius 1 is 1.14 bits per heavy atom. The summed E-state index contributed by atoms with van der Waals surface area (Å²) in [5, 5.41) is 0.924. The fraction of sp³-hybridized carbons (Fsp3) is 0.538. The highest BCUT2D eigenvalue weighted by molar-refractivity contribution is 6.31. The Hall–Kier alpha value is -0.490. The van der Waals surface area contributed by atoms with Gasteiger partial charge in [-0.05, 0) is 42.2 Å². The molecule has 1 saturated carbocycles. The van der Waals surface area contributed by atoms with Crippen molar-refractivity contribution in [1.29, 1.82) is 0 Å². The summed E-state index contributed by atoms with van der Waals surface area (Å²) >= 11 is 6.10. The maximum absolute atomic E-state index is 6.10. The van der Waals surface area contributed by atoms with Crippen molar-refractivity contribution in [3.8, 4) is 0 Å². The zero-order chi connectivity index (χ0) is 10.1. The van der Waals surface area contributed by atoms with Gasteiger partial charge in [0.05, 0.1) is 0 Å². The van der Waals surface area contributed by atoms with Gasteiger partial charge in [-0.15, -0.1) is 0 Å². The van der Waals surface area contributed by atoms with Crippen molar-refractivity contribution in [2.75, 3.05) is 0 Å². The van der Waals surface area contributed by atoms with Crippen LogP contribution in [0.15, 0.2) is 24.3 Å². The monoisotopic (exact) mass is 208 g/mol. The highest BCUT2D eigenvalue weighted by Gasteiger charge is 2.41. The molecule has 0 amide bonds. The van der Waals surface area contributed by atoms with Gasteiger partial charge in [-0.3, -0.25) is 0 Å². The lowest BCUT2D eigenvalue weighted by atomic mass is 10.1. The maximum atomic E-state index is 6.10. The topological polar surface area (TPSA) is 0 Å². The fourth-order valence-electron chi connectivity index (χ4n) is 2.31. The largest absolute Gasteiger partial charge is 0.0840 e. The average molecular weight is 209 g/mol. The first-order chi connectivity index (χ1) is 6.70. The van der Waals surface area contributed by atoms with Gasteiger partial charge in [-0.25, -0.2) is 0 Å². The molecule has 0 heterocycles. The standard InChI is InChI=1S/C13H17Cl/c1-9-10(2)12(9)8-7-11-5-3-4-6-13(11)14/h3-6,9-10,12H,7-8H2,1-2H3. The first kappa shape index (κ1) is 10.0. The number of benzene rings is 1. The predicted octanol–water partition coefficient (Wildman–Crippen LogP) is 4.17. The van der Waals surface area contributed by atoms with Gasteiger partial charge >= 0.3 is 0 Å². The lowest BCUT2D eigenvalue weighted by Gasteiger charge is -2.02. The van der Waals surface area contributed by atoms with Crippen molar-refractivity contribution in [2.24, 2.45) is 17.8 Å². The predicted molar refractivity (Wildman–Crippen MR) is 61.6 cm³/mol. The highest BCUT2D eigenvalue weighted by atomic mass is 35.5. The first-order valence-corrected chi connectivity index (χ1v) is 5.81. The first-order valence-electron chi connectivity index (χ1n) is 5.43. The molecule has 0 spiro atoms. The summed E-state index contributed by atoms with van der Waals surface area (Å²) in [4.78, 5) is 0. The molecule has 0 N–H and O–H groups in total. The quantitative estimate of drug-likeness (QED) is 0.700. The maximum Gasteiger partial charge on any atom is 0.0437 e. The van der Waals surface area contributed by atoms with Crippen LogP contribution in [0.1, 0.15) is 25.8 Å². The molecule has 1 aromatic rings. The van der Waals surface area contributed by atoms with Crippen LogP contribution < -0.4 is 0 Å². The normalized spacial score (nSPS) is 30.4. The lowest BCUT2D eigenvalue weighted by Crippen LogP contribution is -1.89. The van der Waals surface area contributed by atoms with Gasteiger partial charge in [0.15, 0.2) is 0 Å². The number of halogens is 1. The van der Waals surface area contributed by atoms with Crippen molar-refractivity contribution in [3.63, 3.8) is 0 Å². The van der Waals surface area contributed by atoms with E-state index in [9.17, 15) is 0 Å². The van der Waals surface area contributed by atoms with Crippen molar-refractivity contribution in [1.82, 2.24) is 0 Å². The summed E-state index contributed by atoms with van der Waals surface area (Å²) in [6.45, 7) is 4.70. The van der Waals surface area contributed by atoms with E-state index in [0.29, 0.717) is 0 Å². The molecular weight excluding hydrogens is 192 g/mol. The third kappa shape index (κ3) is 1.95. The second-order valence-corrected chi connectivity index (χ2v) is 4.92. The summed E-state index contributed by atoms with van der Waals surface area (Å²) in [5.41, 5.74) is 1.31. The van der Waals surface area contributed by atoms with Gasteiger partial charge in [-0.2, -0.15) is 0 Å². The molecule has 2 rings (SSSR count). The Morgan fingerprint density at radius 2 is 1.79 bits per heavy atom. The average Bonchev–Trinajstić information content (AvgIpc) is 2.74. The van der Waals surface area contributed by atoms with E-state index in [1.807, 2.05) is 12.1 Å². The smallest absolute Gasteiger partial charge is 0.0437 e. The third-order valence-electron chi connectivity index (χ3n) is 3.74. The molecular formula is C13H17Cl. The number of aryl methyl sites for hydroxylation is 1. The molecule has 0 aliphatic heterocycles. The fourth-order valence-corrected chi connectivity index (χ4v) is 2.54. The molecule has 1 fully saturated rings. The molecule has 2 unspecified atom stereocenters. The number of hydrogen-bond acceptors (Lipinski definition) is 0. The summed E-state index contributed by atoms with van der Waals surface area (Å²) in [7, 11) is 0. The van der Waals surface area contributed by atoms with Crippen LogP contribution in [0.2, 0.25) is 5.02 Å². The molecule has 2 atom stereocenters. The molecule has 0 nitrogen and oxygen atoms in total. The van der Waals surface area contributed by atoms with Crippen LogP contribution >= 0.6 is 11.6 Å². The lowest BCUT2D eigenvalue weighted by molar-refractivity contribution is 0.656. The highest BCUT2D eigenvalue weighted by Crippen LogP contribution is 2.48. The molecule has 14 heavy (non-hydrogen) atoms. The van der Waals surface area contributed by atoms with Crippen molar-refractivity contribution >= 4 is 11.6 Å². The number of hydrogen-bond donors (Lipinski definition) is 0.